The Bertz CT molecular complexity index is 450. The quantitative estimate of drug-likeness (QED) is 0.895. The van der Waals surface area contributed by atoms with Crippen molar-refractivity contribution in [2.24, 2.45) is 5.92 Å². The average molecular weight is 290 g/mol. The topological polar surface area (TPSA) is 52.6 Å². The van der Waals surface area contributed by atoms with Crippen LogP contribution in [0.15, 0.2) is 24.3 Å². The summed E-state index contributed by atoms with van der Waals surface area (Å²) in [6.45, 7) is 6.59. The maximum absolute atomic E-state index is 12.1. The minimum absolute atomic E-state index is 0.0188. The highest BCUT2D eigenvalue weighted by molar-refractivity contribution is 5.74. The Morgan fingerprint density at radius 1 is 1.33 bits per heavy atom. The second-order valence-electron chi connectivity index (χ2n) is 6.11. The molecule has 1 aliphatic heterocycles. The zero-order valence-electron chi connectivity index (χ0n) is 13.0. The molecular formula is C17H26N2O2. The summed E-state index contributed by atoms with van der Waals surface area (Å²) in [5, 5.41) is 12.1. The van der Waals surface area contributed by atoms with E-state index < -0.39 is 0 Å². The molecule has 4 nitrogen and oxygen atoms in total. The van der Waals surface area contributed by atoms with Crippen LogP contribution in [0.2, 0.25) is 0 Å². The van der Waals surface area contributed by atoms with Crippen molar-refractivity contribution in [1.82, 2.24) is 10.2 Å². The van der Waals surface area contributed by atoms with Crippen LogP contribution >= 0.6 is 0 Å². The van der Waals surface area contributed by atoms with Gasteiger partial charge in [-0.25, -0.2) is 4.79 Å². The normalized spacial score (nSPS) is 17.6. The number of nitrogens with one attached hydrogen (secondary N) is 1. The van der Waals surface area contributed by atoms with E-state index in [1.54, 1.807) is 0 Å². The summed E-state index contributed by atoms with van der Waals surface area (Å²) in [4.78, 5) is 14.0. The van der Waals surface area contributed by atoms with Gasteiger partial charge in [-0.05, 0) is 37.2 Å². The number of carbonyl (C=O) groups is 1. The Morgan fingerprint density at radius 2 is 1.95 bits per heavy atom. The van der Waals surface area contributed by atoms with Gasteiger partial charge in [-0.1, -0.05) is 36.8 Å². The number of benzene rings is 1. The van der Waals surface area contributed by atoms with Gasteiger partial charge in [0.1, 0.15) is 0 Å². The van der Waals surface area contributed by atoms with Crippen molar-refractivity contribution in [3.8, 4) is 0 Å². The first kappa shape index (κ1) is 15.8. The summed E-state index contributed by atoms with van der Waals surface area (Å²) in [5.41, 5.74) is 2.50. The van der Waals surface area contributed by atoms with Gasteiger partial charge in [0, 0.05) is 26.2 Å². The lowest BCUT2D eigenvalue weighted by atomic mass is 9.98. The highest BCUT2D eigenvalue weighted by atomic mass is 16.3. The molecule has 0 bridgehead atoms. The SMILES string of the molecule is Cc1ccc(C(C)CNC(=O)N2CCC(CO)CC2)cc1. The van der Waals surface area contributed by atoms with Gasteiger partial charge in [-0.2, -0.15) is 0 Å². The number of carbonyl (C=O) groups excluding carboxylic acids is 1. The number of nitrogens with zero attached hydrogens (tertiary/aromatic N) is 1. The zero-order valence-corrected chi connectivity index (χ0v) is 13.0. The predicted molar refractivity (Wildman–Crippen MR) is 84.4 cm³/mol. The fourth-order valence-electron chi connectivity index (χ4n) is 2.68. The first-order chi connectivity index (χ1) is 10.1. The molecule has 0 aliphatic carbocycles. The summed E-state index contributed by atoms with van der Waals surface area (Å²) in [5.74, 6) is 0.671. The molecule has 1 atom stereocenters. The van der Waals surface area contributed by atoms with E-state index in [9.17, 15) is 4.79 Å². The molecule has 116 valence electrons. The first-order valence-electron chi connectivity index (χ1n) is 7.80. The molecule has 1 aromatic rings. The maximum atomic E-state index is 12.1. The van der Waals surface area contributed by atoms with Crippen LogP contribution in [0.25, 0.3) is 0 Å². The number of aliphatic hydroxyl groups excluding tert-OH is 1. The van der Waals surface area contributed by atoms with Crippen LogP contribution in [0, 0.1) is 12.8 Å². The summed E-state index contributed by atoms with van der Waals surface area (Å²) >= 11 is 0. The van der Waals surface area contributed by atoms with Crippen molar-refractivity contribution in [3.05, 3.63) is 35.4 Å². The van der Waals surface area contributed by atoms with E-state index in [4.69, 9.17) is 5.11 Å². The summed E-state index contributed by atoms with van der Waals surface area (Å²) in [6.07, 6.45) is 1.80. The highest BCUT2D eigenvalue weighted by Gasteiger charge is 2.22. The fourth-order valence-corrected chi connectivity index (χ4v) is 2.68. The third-order valence-electron chi connectivity index (χ3n) is 4.37. The van der Waals surface area contributed by atoms with Crippen LogP contribution in [0.3, 0.4) is 0 Å². The van der Waals surface area contributed by atoms with Gasteiger partial charge in [0.25, 0.3) is 0 Å². The van der Waals surface area contributed by atoms with Crippen LogP contribution < -0.4 is 5.32 Å². The largest absolute Gasteiger partial charge is 0.396 e. The number of amides is 2. The molecule has 0 radical (unpaired) electrons. The van der Waals surface area contributed by atoms with Gasteiger partial charge in [0.05, 0.1) is 0 Å². The lowest BCUT2D eigenvalue weighted by Gasteiger charge is -2.31. The van der Waals surface area contributed by atoms with E-state index in [2.05, 4.69) is 43.4 Å². The molecular weight excluding hydrogens is 264 g/mol. The van der Waals surface area contributed by atoms with Gasteiger partial charge < -0.3 is 15.3 Å². The molecule has 1 heterocycles. The summed E-state index contributed by atoms with van der Waals surface area (Å²) in [6, 6.07) is 8.48. The van der Waals surface area contributed by atoms with Gasteiger partial charge >= 0.3 is 6.03 Å². The fraction of sp³-hybridized carbons (Fsp3) is 0.588. The van der Waals surface area contributed by atoms with Crippen molar-refractivity contribution >= 4 is 6.03 Å². The lowest BCUT2D eigenvalue weighted by Crippen LogP contribution is -2.45. The van der Waals surface area contributed by atoms with Crippen molar-refractivity contribution < 1.29 is 9.90 Å². The van der Waals surface area contributed by atoms with Crippen LogP contribution in [0.4, 0.5) is 4.79 Å². The number of piperidine rings is 1. The van der Waals surface area contributed by atoms with Gasteiger partial charge in [0.2, 0.25) is 0 Å². The average Bonchev–Trinajstić information content (AvgIpc) is 2.53. The molecule has 0 spiro atoms. The summed E-state index contributed by atoms with van der Waals surface area (Å²) < 4.78 is 0. The Balaban J connectivity index is 1.77. The van der Waals surface area contributed by atoms with Crippen LogP contribution in [-0.2, 0) is 0 Å². The number of aliphatic hydroxyl groups is 1. The van der Waals surface area contributed by atoms with Crippen molar-refractivity contribution in [2.45, 2.75) is 32.6 Å². The lowest BCUT2D eigenvalue weighted by molar-refractivity contribution is 0.137. The Morgan fingerprint density at radius 3 is 2.52 bits per heavy atom. The highest BCUT2D eigenvalue weighted by Crippen LogP contribution is 2.17. The van der Waals surface area contributed by atoms with Crippen molar-refractivity contribution in [2.75, 3.05) is 26.2 Å². The van der Waals surface area contributed by atoms with Crippen LogP contribution in [0.5, 0.6) is 0 Å². The molecule has 0 saturated carbocycles. The minimum atomic E-state index is 0.0188. The number of hydrogen-bond acceptors (Lipinski definition) is 2. The molecule has 1 fully saturated rings. The second kappa shape index (κ2) is 7.46. The molecule has 4 heteroatoms. The number of hydrogen-bond donors (Lipinski definition) is 2. The molecule has 1 aromatic carbocycles. The van der Waals surface area contributed by atoms with E-state index >= 15 is 0 Å². The third kappa shape index (κ3) is 4.46. The Labute approximate surface area is 127 Å². The molecule has 1 saturated heterocycles. The third-order valence-corrected chi connectivity index (χ3v) is 4.37. The van der Waals surface area contributed by atoms with E-state index in [1.165, 1.54) is 11.1 Å². The Hall–Kier alpha value is -1.55. The summed E-state index contributed by atoms with van der Waals surface area (Å²) in [7, 11) is 0. The zero-order chi connectivity index (χ0) is 15.2. The van der Waals surface area contributed by atoms with E-state index in [0.717, 1.165) is 25.9 Å². The Kier molecular flexibility index (Phi) is 5.62. The van der Waals surface area contributed by atoms with Crippen LogP contribution in [0.1, 0.15) is 36.8 Å². The molecule has 21 heavy (non-hydrogen) atoms. The molecule has 2 rings (SSSR count). The van der Waals surface area contributed by atoms with E-state index in [1.807, 2.05) is 4.90 Å². The molecule has 1 aliphatic rings. The molecule has 0 aromatic heterocycles. The second-order valence-corrected chi connectivity index (χ2v) is 6.11. The number of rotatable bonds is 4. The molecule has 1 unspecified atom stereocenters. The molecule has 2 amide bonds. The number of urea groups is 1. The van der Waals surface area contributed by atoms with Gasteiger partial charge in [0.15, 0.2) is 0 Å². The first-order valence-corrected chi connectivity index (χ1v) is 7.80. The van der Waals surface area contributed by atoms with Crippen LogP contribution in [-0.4, -0.2) is 42.3 Å². The maximum Gasteiger partial charge on any atom is 0.317 e. The number of likely N-dealkylation sites (tertiary alicyclic amines) is 1. The monoisotopic (exact) mass is 290 g/mol. The standard InChI is InChI=1S/C17H26N2O2/c1-13-3-5-16(6-4-13)14(2)11-18-17(21)19-9-7-15(12-20)8-10-19/h3-6,14-15,20H,7-12H2,1-2H3,(H,18,21). The predicted octanol–water partition coefficient (Wildman–Crippen LogP) is 2.51. The van der Waals surface area contributed by atoms with Crippen molar-refractivity contribution in [1.29, 1.82) is 0 Å². The van der Waals surface area contributed by atoms with Gasteiger partial charge in [-0.3, -0.25) is 0 Å². The van der Waals surface area contributed by atoms with Crippen molar-refractivity contribution in [3.63, 3.8) is 0 Å². The molecule has 2 N–H and O–H groups in total. The minimum Gasteiger partial charge on any atom is -0.396 e. The smallest absolute Gasteiger partial charge is 0.317 e. The van der Waals surface area contributed by atoms with Gasteiger partial charge in [-0.15, -0.1) is 0 Å². The van der Waals surface area contributed by atoms with E-state index in [-0.39, 0.29) is 12.6 Å². The number of aryl methyl sites for hydroxylation is 1. The van der Waals surface area contributed by atoms with E-state index in [0.29, 0.717) is 18.4 Å².